The highest BCUT2D eigenvalue weighted by Crippen LogP contribution is 2.23. The van der Waals surface area contributed by atoms with Crippen LogP contribution in [0, 0.1) is 0 Å². The molecule has 5 nitrogen and oxygen atoms in total. The fraction of sp³-hybridized carbons (Fsp3) is 0.600. The molecule has 1 N–H and O–H groups in total. The van der Waals surface area contributed by atoms with Crippen molar-refractivity contribution in [3.63, 3.8) is 0 Å². The smallest absolute Gasteiger partial charge is 0.391 e. The Labute approximate surface area is 102 Å². The summed E-state index contributed by atoms with van der Waals surface area (Å²) in [5.41, 5.74) is 0. The average molecular weight is 265 g/mol. The number of alkyl halides is 3. The van der Waals surface area contributed by atoms with E-state index in [0.717, 1.165) is 0 Å². The third kappa shape index (κ3) is 4.64. The lowest BCUT2D eigenvalue weighted by molar-refractivity contribution is -0.136. The molecule has 1 aromatic rings. The number of hydrogen-bond donors (Lipinski definition) is 1. The molecular weight excluding hydrogens is 251 g/mol. The molecule has 0 radical (unpaired) electrons. The second kappa shape index (κ2) is 5.74. The van der Waals surface area contributed by atoms with Gasteiger partial charge in [-0.1, -0.05) is 0 Å². The van der Waals surface area contributed by atoms with Crippen LogP contribution in [0.5, 0.6) is 11.8 Å². The number of rotatable bonds is 5. The molecule has 1 atom stereocenters. The Morgan fingerprint density at radius 2 is 1.72 bits per heavy atom. The Morgan fingerprint density at radius 1 is 1.22 bits per heavy atom. The molecule has 1 unspecified atom stereocenters. The first-order valence-corrected chi connectivity index (χ1v) is 5.14. The topological polar surface area (TPSA) is 56.3 Å². The largest absolute Gasteiger partial charge is 0.481 e. The van der Waals surface area contributed by atoms with Gasteiger partial charge in [0.2, 0.25) is 17.7 Å². The van der Waals surface area contributed by atoms with Crippen LogP contribution in [0.2, 0.25) is 0 Å². The van der Waals surface area contributed by atoms with Crippen molar-refractivity contribution < 1.29 is 22.6 Å². The predicted molar refractivity (Wildman–Crippen MR) is 58.9 cm³/mol. The minimum absolute atomic E-state index is 0.0305. The number of aromatic nitrogens is 2. The summed E-state index contributed by atoms with van der Waals surface area (Å²) in [6, 6.07) is 0.585. The van der Waals surface area contributed by atoms with Gasteiger partial charge in [0.05, 0.1) is 26.7 Å². The predicted octanol–water partition coefficient (Wildman–Crippen LogP) is 2.25. The monoisotopic (exact) mass is 265 g/mol. The highest BCUT2D eigenvalue weighted by molar-refractivity contribution is 5.34. The minimum atomic E-state index is -4.24. The highest BCUT2D eigenvalue weighted by atomic mass is 19.4. The van der Waals surface area contributed by atoms with Crippen LogP contribution in [-0.4, -0.2) is 36.4 Å². The van der Waals surface area contributed by atoms with Crippen molar-refractivity contribution in [3.05, 3.63) is 6.07 Å². The minimum Gasteiger partial charge on any atom is -0.481 e. The molecule has 1 heterocycles. The molecule has 0 bridgehead atoms. The maximum absolute atomic E-state index is 12.2. The molecule has 1 aromatic heterocycles. The summed E-state index contributed by atoms with van der Waals surface area (Å²) in [5, 5.41) is 2.55. The first-order valence-electron chi connectivity index (χ1n) is 5.14. The molecule has 0 saturated carbocycles. The second-order valence-corrected chi connectivity index (χ2v) is 3.64. The van der Waals surface area contributed by atoms with E-state index >= 15 is 0 Å². The van der Waals surface area contributed by atoms with Gasteiger partial charge in [0.15, 0.2) is 0 Å². The van der Waals surface area contributed by atoms with Crippen LogP contribution in [0.25, 0.3) is 0 Å². The molecule has 1 rings (SSSR count). The Balaban J connectivity index is 2.77. The molecule has 0 aliphatic carbocycles. The van der Waals surface area contributed by atoms with E-state index in [2.05, 4.69) is 15.3 Å². The summed E-state index contributed by atoms with van der Waals surface area (Å²) in [4.78, 5) is 7.76. The fourth-order valence-corrected chi connectivity index (χ4v) is 1.30. The van der Waals surface area contributed by atoms with Gasteiger partial charge in [0.1, 0.15) is 0 Å². The zero-order chi connectivity index (χ0) is 13.8. The third-order valence-electron chi connectivity index (χ3n) is 2.01. The SMILES string of the molecule is COc1cc(OC)nc(NC(C)CC(F)(F)F)n1. The molecule has 8 heteroatoms. The van der Waals surface area contributed by atoms with Gasteiger partial charge in [-0.3, -0.25) is 0 Å². The summed E-state index contributed by atoms with van der Waals surface area (Å²) < 4.78 is 46.3. The number of nitrogens with one attached hydrogen (secondary N) is 1. The lowest BCUT2D eigenvalue weighted by Crippen LogP contribution is -2.24. The van der Waals surface area contributed by atoms with Crippen molar-refractivity contribution in [2.75, 3.05) is 19.5 Å². The van der Waals surface area contributed by atoms with Crippen molar-refractivity contribution in [3.8, 4) is 11.8 Å². The van der Waals surface area contributed by atoms with E-state index in [1.807, 2.05) is 0 Å². The molecule has 0 spiro atoms. The van der Waals surface area contributed by atoms with Gasteiger partial charge < -0.3 is 14.8 Å². The summed E-state index contributed by atoms with van der Waals surface area (Å²) in [6.07, 6.45) is -5.22. The van der Waals surface area contributed by atoms with Crippen molar-refractivity contribution in [2.45, 2.75) is 25.6 Å². The molecule has 0 amide bonds. The van der Waals surface area contributed by atoms with Crippen LogP contribution >= 0.6 is 0 Å². The quantitative estimate of drug-likeness (QED) is 0.884. The maximum Gasteiger partial charge on any atom is 0.391 e. The Hall–Kier alpha value is -1.73. The van der Waals surface area contributed by atoms with Gasteiger partial charge in [-0.15, -0.1) is 0 Å². The maximum atomic E-state index is 12.2. The van der Waals surface area contributed by atoms with Crippen LogP contribution in [-0.2, 0) is 0 Å². The summed E-state index contributed by atoms with van der Waals surface area (Å²) >= 11 is 0. The van der Waals surface area contributed by atoms with E-state index in [4.69, 9.17) is 9.47 Å². The lowest BCUT2D eigenvalue weighted by Gasteiger charge is -2.16. The van der Waals surface area contributed by atoms with E-state index in [0.29, 0.717) is 0 Å². The van der Waals surface area contributed by atoms with Crippen molar-refractivity contribution in [1.29, 1.82) is 0 Å². The number of nitrogens with zero attached hydrogens (tertiary/aromatic N) is 2. The van der Waals surface area contributed by atoms with Crippen LogP contribution in [0.15, 0.2) is 6.07 Å². The number of ether oxygens (including phenoxy) is 2. The van der Waals surface area contributed by atoms with Crippen molar-refractivity contribution in [1.82, 2.24) is 9.97 Å². The molecule has 0 fully saturated rings. The van der Waals surface area contributed by atoms with E-state index in [1.54, 1.807) is 0 Å². The first-order chi connectivity index (χ1) is 8.34. The van der Waals surface area contributed by atoms with Gasteiger partial charge in [-0.25, -0.2) is 0 Å². The van der Waals surface area contributed by atoms with E-state index in [-0.39, 0.29) is 17.7 Å². The first kappa shape index (κ1) is 14.3. The number of hydrogen-bond acceptors (Lipinski definition) is 5. The second-order valence-electron chi connectivity index (χ2n) is 3.64. The molecule has 0 aromatic carbocycles. The van der Waals surface area contributed by atoms with Gasteiger partial charge in [-0.05, 0) is 6.92 Å². The Kier molecular flexibility index (Phi) is 4.57. The lowest BCUT2D eigenvalue weighted by atomic mass is 10.2. The molecule has 18 heavy (non-hydrogen) atoms. The number of anilines is 1. The molecule has 102 valence electrons. The molecule has 0 aliphatic rings. The summed E-state index contributed by atoms with van der Waals surface area (Å²) in [7, 11) is 2.79. The van der Waals surface area contributed by atoms with Crippen LogP contribution in [0.4, 0.5) is 19.1 Å². The number of halogens is 3. The highest BCUT2D eigenvalue weighted by Gasteiger charge is 2.30. The molecule has 0 aliphatic heterocycles. The zero-order valence-corrected chi connectivity index (χ0v) is 10.2. The van der Waals surface area contributed by atoms with Gasteiger partial charge in [0, 0.05) is 6.04 Å². The van der Waals surface area contributed by atoms with E-state index in [1.165, 1.54) is 27.2 Å². The van der Waals surface area contributed by atoms with Crippen LogP contribution in [0.1, 0.15) is 13.3 Å². The van der Waals surface area contributed by atoms with Gasteiger partial charge in [-0.2, -0.15) is 23.1 Å². The van der Waals surface area contributed by atoms with Gasteiger partial charge >= 0.3 is 6.18 Å². The third-order valence-corrected chi connectivity index (χ3v) is 2.01. The fourth-order valence-electron chi connectivity index (χ4n) is 1.30. The van der Waals surface area contributed by atoms with E-state index < -0.39 is 18.6 Å². The Morgan fingerprint density at radius 3 is 2.11 bits per heavy atom. The molecular formula is C10H14F3N3O2. The van der Waals surface area contributed by atoms with Crippen LogP contribution in [0.3, 0.4) is 0 Å². The standard InChI is InChI=1S/C10H14F3N3O2/c1-6(5-10(11,12)13)14-9-15-7(17-2)4-8(16-9)18-3/h4,6H,5H2,1-3H3,(H,14,15,16). The van der Waals surface area contributed by atoms with Crippen molar-refractivity contribution in [2.24, 2.45) is 0 Å². The zero-order valence-electron chi connectivity index (χ0n) is 10.2. The van der Waals surface area contributed by atoms with Gasteiger partial charge in [0.25, 0.3) is 0 Å². The summed E-state index contributed by atoms with van der Waals surface area (Å²) in [6.45, 7) is 1.39. The number of methoxy groups -OCH3 is 2. The van der Waals surface area contributed by atoms with Crippen LogP contribution < -0.4 is 14.8 Å². The average Bonchev–Trinajstić information content (AvgIpc) is 2.25. The van der Waals surface area contributed by atoms with E-state index in [9.17, 15) is 13.2 Å². The Bertz CT molecular complexity index is 376. The summed E-state index contributed by atoms with van der Waals surface area (Å²) in [5.74, 6) is 0.454. The molecule has 0 saturated heterocycles. The normalized spacial score (nSPS) is 13.0. The van der Waals surface area contributed by atoms with Crippen molar-refractivity contribution >= 4 is 5.95 Å².